The minimum absolute atomic E-state index is 0.181. The lowest BCUT2D eigenvalue weighted by molar-refractivity contribution is -0.196. The van der Waals surface area contributed by atoms with E-state index in [2.05, 4.69) is 41.5 Å². The van der Waals surface area contributed by atoms with Crippen LogP contribution in [0.4, 0.5) is 0 Å². The lowest BCUT2D eigenvalue weighted by Gasteiger charge is -2.53. The van der Waals surface area contributed by atoms with Gasteiger partial charge < -0.3 is 24.2 Å². The van der Waals surface area contributed by atoms with Gasteiger partial charge in [0.05, 0.1) is 12.2 Å². The summed E-state index contributed by atoms with van der Waals surface area (Å²) >= 11 is 0. The third kappa shape index (κ3) is 5.26. The van der Waals surface area contributed by atoms with Gasteiger partial charge in [-0.1, -0.05) is 48.5 Å². The molecule has 0 aromatic rings. The molecule has 3 N–H and O–H groups in total. The van der Waals surface area contributed by atoms with E-state index in [0.29, 0.717) is 0 Å². The molecule has 9 heteroatoms. The fourth-order valence-corrected chi connectivity index (χ4v) is 6.49. The van der Waals surface area contributed by atoms with E-state index in [1.165, 1.54) is 0 Å². The Hall–Kier alpha value is -0.746. The van der Waals surface area contributed by atoms with E-state index in [4.69, 9.17) is 8.85 Å². The molecule has 4 atom stereocenters. The molecular formula is C22H44O7Si2. The van der Waals surface area contributed by atoms with Gasteiger partial charge in [-0.3, -0.25) is 9.59 Å². The van der Waals surface area contributed by atoms with Gasteiger partial charge in [0.2, 0.25) is 0 Å². The van der Waals surface area contributed by atoms with Crippen molar-refractivity contribution < 1.29 is 33.8 Å². The Labute approximate surface area is 189 Å². The van der Waals surface area contributed by atoms with Crippen LogP contribution in [0.3, 0.4) is 0 Å². The van der Waals surface area contributed by atoms with Crippen LogP contribution < -0.4 is 0 Å². The first-order valence-corrected chi connectivity index (χ1v) is 17.0. The molecule has 1 unspecified atom stereocenters. The molecule has 7 nitrogen and oxygen atoms in total. The molecule has 0 bridgehead atoms. The van der Waals surface area contributed by atoms with Gasteiger partial charge in [-0.05, 0) is 42.7 Å². The molecule has 0 radical (unpaired) electrons. The fourth-order valence-electron chi connectivity index (χ4n) is 3.82. The topological polar surface area (TPSA) is 113 Å². The van der Waals surface area contributed by atoms with Crippen molar-refractivity contribution in [3.63, 3.8) is 0 Å². The second kappa shape index (κ2) is 8.89. The fraction of sp³-hybridized carbons (Fsp3) is 0.909. The molecular weight excluding hydrogens is 432 g/mol. The first-order valence-electron chi connectivity index (χ1n) is 11.2. The minimum Gasteiger partial charge on any atom is -0.480 e. The Balaban J connectivity index is 3.62. The molecule has 182 valence electrons. The molecule has 0 aromatic heterocycles. The van der Waals surface area contributed by atoms with Crippen LogP contribution in [-0.4, -0.2) is 62.2 Å². The largest absolute Gasteiger partial charge is 0.480 e. The molecule has 0 saturated heterocycles. The number of aliphatic hydroxyl groups excluding tert-OH is 1. The summed E-state index contributed by atoms with van der Waals surface area (Å²) in [7, 11) is -4.85. The van der Waals surface area contributed by atoms with Crippen molar-refractivity contribution in [1.82, 2.24) is 0 Å². The standard InChI is InChI=1S/C22H44O7Si2/c1-12-14-17(29-31(10,11)21(5,6)7)16(23)15(28-30(8,9)20(2,3)4)13-22(14,18(24)25)19(26)27/h14-17,23H,12-13H2,1-11H3,(H,24,25)(H,26,27)/t14?,15-,16-,17-/m1/s1. The quantitative estimate of drug-likeness (QED) is 0.360. The van der Waals surface area contributed by atoms with Crippen LogP contribution >= 0.6 is 0 Å². The average Bonchev–Trinajstić information content (AvgIpc) is 2.55. The third-order valence-corrected chi connectivity index (χ3v) is 16.9. The summed E-state index contributed by atoms with van der Waals surface area (Å²) in [6.45, 7) is 22.1. The van der Waals surface area contributed by atoms with Crippen molar-refractivity contribution in [1.29, 1.82) is 0 Å². The molecule has 0 aliphatic heterocycles. The number of hydrogen-bond acceptors (Lipinski definition) is 5. The van der Waals surface area contributed by atoms with Crippen LogP contribution in [0, 0.1) is 11.3 Å². The van der Waals surface area contributed by atoms with Crippen molar-refractivity contribution in [3.8, 4) is 0 Å². The van der Waals surface area contributed by atoms with E-state index in [0.717, 1.165) is 0 Å². The molecule has 0 spiro atoms. The Kier molecular flexibility index (Phi) is 8.11. The van der Waals surface area contributed by atoms with Crippen molar-refractivity contribution in [3.05, 3.63) is 0 Å². The van der Waals surface area contributed by atoms with Crippen molar-refractivity contribution >= 4 is 28.6 Å². The summed E-state index contributed by atoms with van der Waals surface area (Å²) in [5.41, 5.74) is -2.08. The number of rotatable bonds is 7. The van der Waals surface area contributed by atoms with Crippen LogP contribution in [0.15, 0.2) is 0 Å². The van der Waals surface area contributed by atoms with E-state index in [1.54, 1.807) is 6.92 Å². The molecule has 1 aliphatic rings. The van der Waals surface area contributed by atoms with Crippen LogP contribution in [0.5, 0.6) is 0 Å². The average molecular weight is 477 g/mol. The summed E-state index contributed by atoms with van der Waals surface area (Å²) in [6, 6.07) is 0. The normalized spacial score (nSPS) is 27.7. The maximum Gasteiger partial charge on any atom is 0.321 e. The highest BCUT2D eigenvalue weighted by molar-refractivity contribution is 6.74. The van der Waals surface area contributed by atoms with E-state index in [-0.39, 0.29) is 22.9 Å². The molecule has 1 saturated carbocycles. The van der Waals surface area contributed by atoms with E-state index < -0.39 is 58.2 Å². The lowest BCUT2D eigenvalue weighted by atomic mass is 9.62. The van der Waals surface area contributed by atoms with E-state index in [1.807, 2.05) is 26.2 Å². The first kappa shape index (κ1) is 28.3. The number of hydrogen-bond donors (Lipinski definition) is 3. The van der Waals surface area contributed by atoms with Crippen LogP contribution in [0.1, 0.15) is 61.3 Å². The van der Waals surface area contributed by atoms with Crippen LogP contribution in [-0.2, 0) is 18.4 Å². The monoisotopic (exact) mass is 476 g/mol. The number of aliphatic hydroxyl groups is 1. The molecule has 31 heavy (non-hydrogen) atoms. The lowest BCUT2D eigenvalue weighted by Crippen LogP contribution is -2.66. The SMILES string of the molecule is CCC1[C@@H](O[Si](C)(C)C(C)(C)C)[C@H](O)[C@H](O[Si](C)(C)C(C)(C)C)CC1(C(=O)O)C(=O)O. The van der Waals surface area contributed by atoms with Crippen molar-refractivity contribution in [2.45, 2.75) is 116 Å². The Bertz CT molecular complexity index is 662. The van der Waals surface area contributed by atoms with Gasteiger partial charge in [-0.25, -0.2) is 0 Å². The third-order valence-electron chi connectivity index (χ3n) is 7.96. The van der Waals surface area contributed by atoms with E-state index in [9.17, 15) is 24.9 Å². The highest BCUT2D eigenvalue weighted by Crippen LogP contribution is 2.50. The summed E-state index contributed by atoms with van der Waals surface area (Å²) in [5, 5.41) is 31.3. The zero-order valence-electron chi connectivity index (χ0n) is 21.2. The summed E-state index contributed by atoms with van der Waals surface area (Å²) in [6.07, 6.45) is -2.96. The van der Waals surface area contributed by atoms with Crippen molar-refractivity contribution in [2.24, 2.45) is 11.3 Å². The van der Waals surface area contributed by atoms with Gasteiger partial charge >= 0.3 is 11.9 Å². The summed E-state index contributed by atoms with van der Waals surface area (Å²) in [4.78, 5) is 24.9. The number of carboxylic acids is 2. The smallest absolute Gasteiger partial charge is 0.321 e. The Morgan fingerprint density at radius 3 is 1.61 bits per heavy atom. The van der Waals surface area contributed by atoms with E-state index >= 15 is 0 Å². The molecule has 0 aromatic carbocycles. The zero-order chi connectivity index (χ0) is 24.8. The predicted octanol–water partition coefficient (Wildman–Crippen LogP) is 4.71. The maximum absolute atomic E-state index is 12.5. The van der Waals surface area contributed by atoms with Gasteiger partial charge in [0.25, 0.3) is 0 Å². The molecule has 0 amide bonds. The second-order valence-electron chi connectivity index (χ2n) is 12.1. The molecule has 1 rings (SSSR count). The van der Waals surface area contributed by atoms with Gasteiger partial charge in [0.15, 0.2) is 22.0 Å². The molecule has 0 heterocycles. The van der Waals surface area contributed by atoms with Crippen LogP contribution in [0.25, 0.3) is 0 Å². The predicted molar refractivity (Wildman–Crippen MR) is 126 cm³/mol. The van der Waals surface area contributed by atoms with Gasteiger partial charge in [0, 0.05) is 12.3 Å². The summed E-state index contributed by atoms with van der Waals surface area (Å²) in [5.74, 6) is -3.66. The zero-order valence-corrected chi connectivity index (χ0v) is 23.2. The van der Waals surface area contributed by atoms with Gasteiger partial charge in [0.1, 0.15) is 6.10 Å². The number of aliphatic carboxylic acids is 2. The Morgan fingerprint density at radius 1 is 0.903 bits per heavy atom. The van der Waals surface area contributed by atoms with Gasteiger partial charge in [-0.15, -0.1) is 0 Å². The first-order chi connectivity index (χ1) is 13.7. The maximum atomic E-state index is 12.5. The van der Waals surface area contributed by atoms with Crippen molar-refractivity contribution in [2.75, 3.05) is 0 Å². The van der Waals surface area contributed by atoms with Crippen LogP contribution in [0.2, 0.25) is 36.3 Å². The Morgan fingerprint density at radius 2 is 1.29 bits per heavy atom. The second-order valence-corrected chi connectivity index (χ2v) is 21.6. The minimum atomic E-state index is -2.44. The highest BCUT2D eigenvalue weighted by Gasteiger charge is 2.64. The number of carbonyl (C=O) groups is 2. The summed E-state index contributed by atoms with van der Waals surface area (Å²) < 4.78 is 13.0. The van der Waals surface area contributed by atoms with Gasteiger partial charge in [-0.2, -0.15) is 0 Å². The molecule has 1 fully saturated rings. The number of carboxylic acid groups (broad SMARTS) is 2. The molecule has 1 aliphatic carbocycles. The highest BCUT2D eigenvalue weighted by atomic mass is 28.4.